The van der Waals surface area contributed by atoms with Crippen molar-refractivity contribution in [3.05, 3.63) is 24.2 Å². The second-order valence-electron chi connectivity index (χ2n) is 5.91. The van der Waals surface area contributed by atoms with Crippen molar-refractivity contribution in [3.8, 4) is 0 Å². The topological polar surface area (TPSA) is 34.0 Å². The summed E-state index contributed by atoms with van der Waals surface area (Å²) in [6.45, 7) is 1.19. The van der Waals surface area contributed by atoms with Crippen molar-refractivity contribution in [2.75, 3.05) is 13.6 Å². The Labute approximate surface area is 113 Å². The van der Waals surface area contributed by atoms with Crippen molar-refractivity contribution in [1.82, 2.24) is 19.4 Å². The number of pyridine rings is 1. The van der Waals surface area contributed by atoms with E-state index in [1.807, 2.05) is 12.3 Å². The number of piperidine rings is 1. The molecule has 2 fully saturated rings. The summed E-state index contributed by atoms with van der Waals surface area (Å²) in [5, 5.41) is 0. The summed E-state index contributed by atoms with van der Waals surface area (Å²) in [7, 11) is 2.23. The lowest BCUT2D eigenvalue weighted by atomic mass is 10.0. The van der Waals surface area contributed by atoms with E-state index in [0.717, 1.165) is 11.2 Å². The maximum atomic E-state index is 4.91. The molecule has 100 valence electrons. The highest BCUT2D eigenvalue weighted by molar-refractivity contribution is 5.71. The molecule has 1 unspecified atom stereocenters. The summed E-state index contributed by atoms with van der Waals surface area (Å²) in [5.41, 5.74) is 2.14. The standard InChI is InChI=1S/C15H20N4/c1-18-10-3-2-6-13(18)15-17-12-5-4-9-16-14(12)19(15)11-7-8-11/h4-5,9,11,13H,2-3,6-8,10H2,1H3. The third-order valence-corrected chi connectivity index (χ3v) is 4.46. The summed E-state index contributed by atoms with van der Waals surface area (Å²) in [5.74, 6) is 1.25. The lowest BCUT2D eigenvalue weighted by molar-refractivity contribution is 0.176. The van der Waals surface area contributed by atoms with Gasteiger partial charge in [0.25, 0.3) is 0 Å². The predicted octanol–water partition coefficient (Wildman–Crippen LogP) is 2.92. The van der Waals surface area contributed by atoms with Gasteiger partial charge in [-0.3, -0.25) is 4.90 Å². The highest BCUT2D eigenvalue weighted by Gasteiger charge is 2.33. The molecule has 0 bridgehead atoms. The lowest BCUT2D eigenvalue weighted by Crippen LogP contribution is -2.31. The van der Waals surface area contributed by atoms with Crippen LogP contribution < -0.4 is 0 Å². The maximum Gasteiger partial charge on any atom is 0.160 e. The zero-order valence-corrected chi connectivity index (χ0v) is 11.4. The number of likely N-dealkylation sites (tertiary alicyclic amines) is 1. The largest absolute Gasteiger partial charge is 0.308 e. The summed E-state index contributed by atoms with van der Waals surface area (Å²) < 4.78 is 2.42. The molecule has 4 heteroatoms. The van der Waals surface area contributed by atoms with E-state index in [4.69, 9.17) is 4.98 Å². The minimum atomic E-state index is 0.476. The Morgan fingerprint density at radius 1 is 1.21 bits per heavy atom. The fourth-order valence-electron chi connectivity index (χ4n) is 3.28. The van der Waals surface area contributed by atoms with Gasteiger partial charge in [0.1, 0.15) is 11.3 Å². The van der Waals surface area contributed by atoms with Crippen LogP contribution >= 0.6 is 0 Å². The van der Waals surface area contributed by atoms with Crippen molar-refractivity contribution < 1.29 is 0 Å². The molecule has 4 rings (SSSR count). The van der Waals surface area contributed by atoms with Gasteiger partial charge in [0, 0.05) is 12.2 Å². The second-order valence-corrected chi connectivity index (χ2v) is 5.91. The van der Waals surface area contributed by atoms with Gasteiger partial charge in [0.15, 0.2) is 5.65 Å². The first-order valence-corrected chi connectivity index (χ1v) is 7.37. The molecule has 1 aliphatic heterocycles. The van der Waals surface area contributed by atoms with Crippen LogP contribution in [0.25, 0.3) is 11.2 Å². The third kappa shape index (κ3) is 1.86. The summed E-state index contributed by atoms with van der Waals surface area (Å²) in [6.07, 6.45) is 8.31. The summed E-state index contributed by atoms with van der Waals surface area (Å²) in [6, 6.07) is 5.20. The molecule has 2 aromatic rings. The van der Waals surface area contributed by atoms with E-state index in [-0.39, 0.29) is 0 Å². The number of nitrogens with zero attached hydrogens (tertiary/aromatic N) is 4. The van der Waals surface area contributed by atoms with Crippen LogP contribution in [0.2, 0.25) is 0 Å². The molecule has 1 saturated heterocycles. The Bertz CT molecular complexity index is 599. The number of fused-ring (bicyclic) bond motifs is 1. The Balaban J connectivity index is 1.85. The van der Waals surface area contributed by atoms with Crippen LogP contribution in [0.5, 0.6) is 0 Å². The quantitative estimate of drug-likeness (QED) is 0.828. The van der Waals surface area contributed by atoms with E-state index in [0.29, 0.717) is 12.1 Å². The average Bonchev–Trinajstić information content (AvgIpc) is 3.19. The Hall–Kier alpha value is -1.42. The molecule has 2 aromatic heterocycles. The van der Waals surface area contributed by atoms with Gasteiger partial charge in [-0.05, 0) is 51.4 Å². The van der Waals surface area contributed by atoms with Gasteiger partial charge in [0.05, 0.1) is 6.04 Å². The van der Waals surface area contributed by atoms with Crippen molar-refractivity contribution in [1.29, 1.82) is 0 Å². The minimum Gasteiger partial charge on any atom is -0.308 e. The molecule has 0 spiro atoms. The molecule has 0 amide bonds. The van der Waals surface area contributed by atoms with Gasteiger partial charge in [-0.2, -0.15) is 0 Å². The Morgan fingerprint density at radius 3 is 2.89 bits per heavy atom. The molecular formula is C15H20N4. The fraction of sp³-hybridized carbons (Fsp3) is 0.600. The molecular weight excluding hydrogens is 236 g/mol. The van der Waals surface area contributed by atoms with Crippen LogP contribution in [0.15, 0.2) is 18.3 Å². The van der Waals surface area contributed by atoms with Crippen LogP contribution in [0.3, 0.4) is 0 Å². The van der Waals surface area contributed by atoms with E-state index >= 15 is 0 Å². The molecule has 1 atom stereocenters. The first kappa shape index (κ1) is 11.4. The summed E-state index contributed by atoms with van der Waals surface area (Å²) in [4.78, 5) is 11.9. The van der Waals surface area contributed by atoms with E-state index in [1.54, 1.807) is 0 Å². The molecule has 1 aliphatic carbocycles. The number of imidazole rings is 1. The van der Waals surface area contributed by atoms with Crippen molar-refractivity contribution >= 4 is 11.2 Å². The van der Waals surface area contributed by atoms with Crippen LogP contribution in [0, 0.1) is 0 Å². The van der Waals surface area contributed by atoms with E-state index in [1.165, 1.54) is 44.5 Å². The second kappa shape index (κ2) is 4.30. The van der Waals surface area contributed by atoms with Crippen LogP contribution in [-0.4, -0.2) is 33.0 Å². The van der Waals surface area contributed by atoms with Crippen LogP contribution in [-0.2, 0) is 0 Å². The minimum absolute atomic E-state index is 0.476. The van der Waals surface area contributed by atoms with Crippen molar-refractivity contribution in [2.45, 2.75) is 44.2 Å². The molecule has 0 aromatic carbocycles. The van der Waals surface area contributed by atoms with Gasteiger partial charge < -0.3 is 4.57 Å². The van der Waals surface area contributed by atoms with Crippen molar-refractivity contribution in [3.63, 3.8) is 0 Å². The predicted molar refractivity (Wildman–Crippen MR) is 75.0 cm³/mol. The van der Waals surface area contributed by atoms with Gasteiger partial charge in [-0.25, -0.2) is 9.97 Å². The van der Waals surface area contributed by atoms with Crippen LogP contribution in [0.4, 0.5) is 0 Å². The van der Waals surface area contributed by atoms with Crippen LogP contribution in [0.1, 0.15) is 50.0 Å². The van der Waals surface area contributed by atoms with Gasteiger partial charge >= 0.3 is 0 Å². The van der Waals surface area contributed by atoms with Crippen molar-refractivity contribution in [2.24, 2.45) is 0 Å². The van der Waals surface area contributed by atoms with Gasteiger partial charge in [0.2, 0.25) is 0 Å². The fourth-order valence-corrected chi connectivity index (χ4v) is 3.28. The molecule has 0 N–H and O–H groups in total. The number of hydrogen-bond acceptors (Lipinski definition) is 3. The lowest BCUT2D eigenvalue weighted by Gasteiger charge is -2.32. The molecule has 0 radical (unpaired) electrons. The van der Waals surface area contributed by atoms with Gasteiger partial charge in [-0.1, -0.05) is 6.42 Å². The number of hydrogen-bond donors (Lipinski definition) is 0. The smallest absolute Gasteiger partial charge is 0.160 e. The molecule has 4 nitrogen and oxygen atoms in total. The summed E-state index contributed by atoms with van der Waals surface area (Å²) >= 11 is 0. The SMILES string of the molecule is CN1CCCCC1c1nc2cccnc2n1C1CC1. The van der Waals surface area contributed by atoms with E-state index in [9.17, 15) is 0 Å². The molecule has 2 aliphatic rings. The highest BCUT2D eigenvalue weighted by atomic mass is 15.2. The van der Waals surface area contributed by atoms with E-state index in [2.05, 4.69) is 27.6 Å². The highest BCUT2D eigenvalue weighted by Crippen LogP contribution is 2.41. The third-order valence-electron chi connectivity index (χ3n) is 4.46. The molecule has 3 heterocycles. The number of aromatic nitrogens is 3. The number of rotatable bonds is 2. The first-order valence-electron chi connectivity index (χ1n) is 7.37. The Kier molecular flexibility index (Phi) is 2.58. The zero-order valence-electron chi connectivity index (χ0n) is 11.4. The zero-order chi connectivity index (χ0) is 12.8. The first-order chi connectivity index (χ1) is 9.34. The van der Waals surface area contributed by atoms with E-state index < -0.39 is 0 Å². The monoisotopic (exact) mass is 256 g/mol. The normalized spacial score (nSPS) is 25.0. The maximum absolute atomic E-state index is 4.91. The Morgan fingerprint density at radius 2 is 2.11 bits per heavy atom. The van der Waals surface area contributed by atoms with Gasteiger partial charge in [-0.15, -0.1) is 0 Å². The molecule has 1 saturated carbocycles. The average molecular weight is 256 g/mol. The molecule has 19 heavy (non-hydrogen) atoms.